The molecule has 2 heterocycles. The number of nitrogens with zero attached hydrogens (tertiary/aromatic N) is 1. The van der Waals surface area contributed by atoms with Gasteiger partial charge in [0, 0.05) is 19.5 Å². The first-order valence-corrected chi connectivity index (χ1v) is 7.52. The molecule has 1 atom stereocenters. The van der Waals surface area contributed by atoms with Crippen molar-refractivity contribution in [2.75, 3.05) is 19.6 Å². The Morgan fingerprint density at radius 2 is 1.95 bits per heavy atom. The number of carbonyl (C=O) groups excluding carboxylic acids is 2. The van der Waals surface area contributed by atoms with Crippen LogP contribution < -0.4 is 5.32 Å². The van der Waals surface area contributed by atoms with Crippen molar-refractivity contribution in [3.05, 3.63) is 0 Å². The van der Waals surface area contributed by atoms with Crippen LogP contribution in [0.4, 0.5) is 0 Å². The SMILES string of the molecule is CC(=O)CC1(C)CCN(C(=O)[C@@H]2CCCCN2)CC1. The lowest BCUT2D eigenvalue weighted by atomic mass is 9.76. The van der Waals surface area contributed by atoms with E-state index in [0.717, 1.165) is 45.3 Å². The zero-order chi connectivity index (χ0) is 13.9. The zero-order valence-electron chi connectivity index (χ0n) is 12.2. The first-order chi connectivity index (χ1) is 9.00. The Kier molecular flexibility index (Phi) is 4.61. The van der Waals surface area contributed by atoms with E-state index >= 15 is 0 Å². The van der Waals surface area contributed by atoms with Crippen molar-refractivity contribution in [1.29, 1.82) is 0 Å². The molecule has 0 aromatic rings. The molecule has 0 unspecified atom stereocenters. The molecule has 0 bridgehead atoms. The highest BCUT2D eigenvalue weighted by molar-refractivity contribution is 5.82. The summed E-state index contributed by atoms with van der Waals surface area (Å²) in [5, 5.41) is 3.32. The second-order valence-corrected chi connectivity index (χ2v) is 6.52. The number of hydrogen-bond donors (Lipinski definition) is 1. The zero-order valence-corrected chi connectivity index (χ0v) is 12.2. The van der Waals surface area contributed by atoms with Crippen molar-refractivity contribution in [2.45, 2.75) is 58.4 Å². The summed E-state index contributed by atoms with van der Waals surface area (Å²) >= 11 is 0. The molecule has 2 aliphatic rings. The Bertz CT molecular complexity index is 340. The molecule has 4 nitrogen and oxygen atoms in total. The van der Waals surface area contributed by atoms with Gasteiger partial charge in [-0.05, 0) is 44.6 Å². The summed E-state index contributed by atoms with van der Waals surface area (Å²) in [5.41, 5.74) is 0.0998. The van der Waals surface area contributed by atoms with Gasteiger partial charge in [0.05, 0.1) is 6.04 Å². The van der Waals surface area contributed by atoms with Gasteiger partial charge in [-0.3, -0.25) is 4.79 Å². The van der Waals surface area contributed by atoms with Crippen LogP contribution in [-0.2, 0) is 9.59 Å². The molecule has 0 spiro atoms. The molecule has 0 saturated carbocycles. The van der Waals surface area contributed by atoms with Crippen LogP contribution in [0, 0.1) is 5.41 Å². The molecular weight excluding hydrogens is 240 g/mol. The van der Waals surface area contributed by atoms with Crippen LogP contribution in [-0.4, -0.2) is 42.3 Å². The molecule has 1 amide bonds. The Hall–Kier alpha value is -0.900. The van der Waals surface area contributed by atoms with Crippen LogP contribution in [0.3, 0.4) is 0 Å². The summed E-state index contributed by atoms with van der Waals surface area (Å²) in [6.45, 7) is 6.41. The van der Waals surface area contributed by atoms with Crippen molar-refractivity contribution in [2.24, 2.45) is 5.41 Å². The number of amides is 1. The van der Waals surface area contributed by atoms with Crippen molar-refractivity contribution in [3.8, 4) is 0 Å². The monoisotopic (exact) mass is 266 g/mol. The van der Waals surface area contributed by atoms with Crippen LogP contribution in [0.5, 0.6) is 0 Å². The van der Waals surface area contributed by atoms with Crippen LogP contribution in [0.1, 0.15) is 52.4 Å². The minimum absolute atomic E-state index is 0.0333. The fraction of sp³-hybridized carbons (Fsp3) is 0.867. The lowest BCUT2D eigenvalue weighted by molar-refractivity contribution is -0.136. The van der Waals surface area contributed by atoms with Crippen LogP contribution in [0.2, 0.25) is 0 Å². The molecule has 2 rings (SSSR count). The predicted octanol–water partition coefficient (Wildman–Crippen LogP) is 1.74. The Balaban J connectivity index is 1.85. The van der Waals surface area contributed by atoms with Crippen molar-refractivity contribution < 1.29 is 9.59 Å². The minimum Gasteiger partial charge on any atom is -0.341 e. The Morgan fingerprint density at radius 1 is 1.26 bits per heavy atom. The number of carbonyl (C=O) groups is 2. The molecule has 2 saturated heterocycles. The number of Topliss-reactive ketones (excluding diaryl/α,β-unsaturated/α-hetero) is 1. The smallest absolute Gasteiger partial charge is 0.239 e. The summed E-state index contributed by atoms with van der Waals surface area (Å²) in [4.78, 5) is 25.7. The largest absolute Gasteiger partial charge is 0.341 e. The molecule has 2 fully saturated rings. The fourth-order valence-electron chi connectivity index (χ4n) is 3.33. The summed E-state index contributed by atoms with van der Waals surface area (Å²) in [7, 11) is 0. The molecule has 0 aliphatic carbocycles. The van der Waals surface area contributed by atoms with Gasteiger partial charge >= 0.3 is 0 Å². The van der Waals surface area contributed by atoms with Gasteiger partial charge in [-0.2, -0.15) is 0 Å². The van der Waals surface area contributed by atoms with Gasteiger partial charge in [0.2, 0.25) is 5.91 Å². The third kappa shape index (κ3) is 3.78. The lowest BCUT2D eigenvalue weighted by Crippen LogP contribution is -2.52. The molecule has 0 radical (unpaired) electrons. The van der Waals surface area contributed by atoms with Gasteiger partial charge < -0.3 is 15.0 Å². The average molecular weight is 266 g/mol. The third-order valence-corrected chi connectivity index (χ3v) is 4.57. The van der Waals surface area contributed by atoms with E-state index in [1.54, 1.807) is 6.92 Å². The number of piperidine rings is 2. The van der Waals surface area contributed by atoms with Crippen molar-refractivity contribution in [3.63, 3.8) is 0 Å². The number of nitrogens with one attached hydrogen (secondary N) is 1. The highest BCUT2D eigenvalue weighted by Gasteiger charge is 2.34. The first kappa shape index (κ1) is 14.5. The number of ketones is 1. The van der Waals surface area contributed by atoms with Gasteiger partial charge in [0.15, 0.2) is 0 Å². The molecule has 4 heteroatoms. The van der Waals surface area contributed by atoms with Crippen molar-refractivity contribution >= 4 is 11.7 Å². The second-order valence-electron chi connectivity index (χ2n) is 6.52. The molecule has 0 aromatic carbocycles. The van der Waals surface area contributed by atoms with Gasteiger partial charge in [0.1, 0.15) is 5.78 Å². The quantitative estimate of drug-likeness (QED) is 0.846. The van der Waals surface area contributed by atoms with E-state index in [2.05, 4.69) is 12.2 Å². The Labute approximate surface area is 115 Å². The maximum absolute atomic E-state index is 12.4. The maximum atomic E-state index is 12.4. The van der Waals surface area contributed by atoms with Crippen LogP contribution in [0.15, 0.2) is 0 Å². The molecular formula is C15H26N2O2. The van der Waals surface area contributed by atoms with E-state index in [1.165, 1.54) is 6.42 Å². The van der Waals surface area contributed by atoms with E-state index in [-0.39, 0.29) is 23.1 Å². The summed E-state index contributed by atoms with van der Waals surface area (Å²) < 4.78 is 0. The van der Waals surface area contributed by atoms with E-state index in [4.69, 9.17) is 0 Å². The normalized spacial score (nSPS) is 27.1. The van der Waals surface area contributed by atoms with Crippen molar-refractivity contribution in [1.82, 2.24) is 10.2 Å². The number of rotatable bonds is 3. The minimum atomic E-state index is 0.0333. The van der Waals surface area contributed by atoms with E-state index in [9.17, 15) is 9.59 Å². The van der Waals surface area contributed by atoms with Crippen LogP contribution >= 0.6 is 0 Å². The highest BCUT2D eigenvalue weighted by Crippen LogP contribution is 2.34. The molecule has 2 aliphatic heterocycles. The van der Waals surface area contributed by atoms with E-state index in [1.807, 2.05) is 4.90 Å². The topological polar surface area (TPSA) is 49.4 Å². The average Bonchev–Trinajstić information content (AvgIpc) is 2.38. The van der Waals surface area contributed by atoms with Gasteiger partial charge in [-0.15, -0.1) is 0 Å². The van der Waals surface area contributed by atoms with E-state index in [0.29, 0.717) is 6.42 Å². The summed E-state index contributed by atoms with van der Waals surface area (Å²) in [6, 6.07) is 0.0333. The standard InChI is InChI=1S/C15H26N2O2/c1-12(18)11-15(2)6-9-17(10-7-15)14(19)13-5-3-4-8-16-13/h13,16H,3-11H2,1-2H3/t13-/m0/s1. The van der Waals surface area contributed by atoms with Gasteiger partial charge in [-0.1, -0.05) is 13.3 Å². The first-order valence-electron chi connectivity index (χ1n) is 7.52. The highest BCUT2D eigenvalue weighted by atomic mass is 16.2. The number of likely N-dealkylation sites (tertiary alicyclic amines) is 1. The molecule has 1 N–H and O–H groups in total. The fourth-order valence-corrected chi connectivity index (χ4v) is 3.33. The maximum Gasteiger partial charge on any atom is 0.239 e. The lowest BCUT2D eigenvalue weighted by Gasteiger charge is -2.40. The predicted molar refractivity (Wildman–Crippen MR) is 74.9 cm³/mol. The summed E-state index contributed by atoms with van der Waals surface area (Å²) in [5.74, 6) is 0.529. The molecule has 0 aromatic heterocycles. The molecule has 19 heavy (non-hydrogen) atoms. The van der Waals surface area contributed by atoms with Gasteiger partial charge in [0.25, 0.3) is 0 Å². The Morgan fingerprint density at radius 3 is 2.47 bits per heavy atom. The second kappa shape index (κ2) is 6.04. The van der Waals surface area contributed by atoms with Gasteiger partial charge in [-0.25, -0.2) is 0 Å². The number of hydrogen-bond acceptors (Lipinski definition) is 3. The molecule has 108 valence electrons. The summed E-state index contributed by atoms with van der Waals surface area (Å²) in [6.07, 6.45) is 5.85. The van der Waals surface area contributed by atoms with E-state index < -0.39 is 0 Å². The van der Waals surface area contributed by atoms with Crippen LogP contribution in [0.25, 0.3) is 0 Å². The third-order valence-electron chi connectivity index (χ3n) is 4.57.